The number of nitrogens with one attached hydrogen (secondary N) is 1. The summed E-state index contributed by atoms with van der Waals surface area (Å²) in [5.74, 6) is -0.145. The van der Waals surface area contributed by atoms with Crippen LogP contribution in [0.1, 0.15) is 22.5 Å². The van der Waals surface area contributed by atoms with Crippen molar-refractivity contribution in [3.63, 3.8) is 0 Å². The van der Waals surface area contributed by atoms with Gasteiger partial charge in [-0.15, -0.1) is 0 Å². The molecule has 2 aliphatic rings. The summed E-state index contributed by atoms with van der Waals surface area (Å²) in [6.45, 7) is 2.74. The molecule has 8 heteroatoms. The first-order valence-electron chi connectivity index (χ1n) is 8.43. The lowest BCUT2D eigenvalue weighted by molar-refractivity contribution is -0.126. The number of carbonyl (C=O) groups excluding carboxylic acids is 2. The molecule has 3 rings (SSSR count). The minimum absolute atomic E-state index is 0.0474. The van der Waals surface area contributed by atoms with Gasteiger partial charge in [0.2, 0.25) is 5.91 Å². The van der Waals surface area contributed by atoms with Crippen molar-refractivity contribution in [3.8, 4) is 5.75 Å². The van der Waals surface area contributed by atoms with E-state index in [1.165, 1.54) is 13.2 Å². The van der Waals surface area contributed by atoms with Crippen LogP contribution in [0.4, 0.5) is 0 Å². The molecule has 25 heavy (non-hydrogen) atoms. The van der Waals surface area contributed by atoms with Crippen molar-refractivity contribution in [2.75, 3.05) is 40.4 Å². The predicted octanol–water partition coefficient (Wildman–Crippen LogP) is -0.362. The average Bonchev–Trinajstić information content (AvgIpc) is 2.79. The van der Waals surface area contributed by atoms with Crippen LogP contribution >= 0.6 is 0 Å². The highest BCUT2D eigenvalue weighted by Gasteiger charge is 2.29. The number of pyridine rings is 1. The Morgan fingerprint density at radius 3 is 2.84 bits per heavy atom. The first kappa shape index (κ1) is 17.5. The molecule has 2 aliphatic heterocycles. The van der Waals surface area contributed by atoms with Crippen LogP contribution in [0.25, 0.3) is 0 Å². The van der Waals surface area contributed by atoms with Crippen molar-refractivity contribution in [1.29, 1.82) is 0 Å². The largest absolute Gasteiger partial charge is 0.492 e. The molecular weight excluding hydrogens is 326 g/mol. The molecule has 0 aliphatic carbocycles. The SMILES string of the molecule is COC(=O)c1c(OCC2CC(=O)N(C)C2)cc(=O)n2c1CCNCC2. The van der Waals surface area contributed by atoms with E-state index in [1.807, 2.05) is 0 Å². The van der Waals surface area contributed by atoms with E-state index in [1.54, 1.807) is 16.5 Å². The van der Waals surface area contributed by atoms with E-state index < -0.39 is 5.97 Å². The molecule has 0 radical (unpaired) electrons. The van der Waals surface area contributed by atoms with Gasteiger partial charge in [-0.3, -0.25) is 9.59 Å². The van der Waals surface area contributed by atoms with Gasteiger partial charge in [-0.25, -0.2) is 4.79 Å². The van der Waals surface area contributed by atoms with Crippen molar-refractivity contribution in [3.05, 3.63) is 27.7 Å². The zero-order chi connectivity index (χ0) is 18.0. The summed E-state index contributed by atoms with van der Waals surface area (Å²) >= 11 is 0. The smallest absolute Gasteiger partial charge is 0.343 e. The second-order valence-corrected chi connectivity index (χ2v) is 6.47. The Morgan fingerprint density at radius 2 is 2.16 bits per heavy atom. The van der Waals surface area contributed by atoms with E-state index in [0.717, 1.165) is 0 Å². The summed E-state index contributed by atoms with van der Waals surface area (Å²) in [6.07, 6.45) is 0.958. The summed E-state index contributed by atoms with van der Waals surface area (Å²) in [5, 5.41) is 3.22. The molecule has 1 saturated heterocycles. The third kappa shape index (κ3) is 3.53. The Morgan fingerprint density at radius 1 is 1.36 bits per heavy atom. The topological polar surface area (TPSA) is 89.9 Å². The van der Waals surface area contributed by atoms with Crippen molar-refractivity contribution in [2.24, 2.45) is 5.92 Å². The number of amides is 1. The molecule has 0 bridgehead atoms. The van der Waals surface area contributed by atoms with Crippen LogP contribution in [-0.4, -0.2) is 61.7 Å². The van der Waals surface area contributed by atoms with Crippen molar-refractivity contribution >= 4 is 11.9 Å². The summed E-state index contributed by atoms with van der Waals surface area (Å²) in [7, 11) is 3.07. The summed E-state index contributed by atoms with van der Waals surface area (Å²) in [6, 6.07) is 1.35. The van der Waals surface area contributed by atoms with Crippen LogP contribution in [-0.2, 0) is 22.5 Å². The van der Waals surface area contributed by atoms with Crippen LogP contribution in [0.2, 0.25) is 0 Å². The first-order chi connectivity index (χ1) is 12.0. The lowest BCUT2D eigenvalue weighted by Gasteiger charge is -2.18. The number of ether oxygens (including phenoxy) is 2. The van der Waals surface area contributed by atoms with Gasteiger partial charge in [0, 0.05) is 63.7 Å². The maximum absolute atomic E-state index is 12.4. The van der Waals surface area contributed by atoms with Gasteiger partial charge < -0.3 is 24.3 Å². The minimum Gasteiger partial charge on any atom is -0.492 e. The van der Waals surface area contributed by atoms with Crippen molar-refractivity contribution in [1.82, 2.24) is 14.8 Å². The monoisotopic (exact) mass is 349 g/mol. The van der Waals surface area contributed by atoms with Crippen molar-refractivity contribution in [2.45, 2.75) is 19.4 Å². The zero-order valence-corrected chi connectivity index (χ0v) is 14.5. The number of hydrogen-bond donors (Lipinski definition) is 1. The Balaban J connectivity index is 1.91. The molecule has 1 atom stereocenters. The molecule has 0 aromatic carbocycles. The summed E-state index contributed by atoms with van der Waals surface area (Å²) < 4.78 is 12.3. The van der Waals surface area contributed by atoms with Gasteiger partial charge in [0.1, 0.15) is 11.3 Å². The number of carbonyl (C=O) groups is 2. The van der Waals surface area contributed by atoms with E-state index in [-0.39, 0.29) is 29.7 Å². The van der Waals surface area contributed by atoms with E-state index in [9.17, 15) is 14.4 Å². The number of nitrogens with zero attached hydrogens (tertiary/aromatic N) is 2. The lowest BCUT2D eigenvalue weighted by atomic mass is 10.1. The number of fused-ring (bicyclic) bond motifs is 1. The maximum atomic E-state index is 12.4. The average molecular weight is 349 g/mol. The predicted molar refractivity (Wildman–Crippen MR) is 89.9 cm³/mol. The summed E-state index contributed by atoms with van der Waals surface area (Å²) in [4.78, 5) is 38.1. The standard InChI is InChI=1S/C17H23N3O5/c1-19-9-11(7-14(19)21)10-25-13-8-15(22)20-6-5-18-4-3-12(20)16(13)17(23)24-2/h8,11,18H,3-7,9-10H2,1-2H3. The van der Waals surface area contributed by atoms with Gasteiger partial charge in [0.25, 0.3) is 5.56 Å². The fraction of sp³-hybridized carbons (Fsp3) is 0.588. The van der Waals surface area contributed by atoms with Gasteiger partial charge in [0.15, 0.2) is 0 Å². The highest BCUT2D eigenvalue weighted by molar-refractivity contribution is 5.93. The minimum atomic E-state index is -0.514. The Bertz CT molecular complexity index is 743. The van der Waals surface area contributed by atoms with Crippen LogP contribution in [0, 0.1) is 5.92 Å². The number of methoxy groups -OCH3 is 1. The van der Waals surface area contributed by atoms with Crippen molar-refractivity contribution < 1.29 is 19.1 Å². The van der Waals surface area contributed by atoms with E-state index >= 15 is 0 Å². The third-order valence-corrected chi connectivity index (χ3v) is 4.72. The molecule has 1 N–H and O–H groups in total. The van der Waals surface area contributed by atoms with Crippen LogP contribution in [0.15, 0.2) is 10.9 Å². The van der Waals surface area contributed by atoms with E-state index in [4.69, 9.17) is 9.47 Å². The highest BCUT2D eigenvalue weighted by atomic mass is 16.5. The number of hydrogen-bond acceptors (Lipinski definition) is 6. The first-order valence-corrected chi connectivity index (χ1v) is 8.43. The van der Waals surface area contributed by atoms with Gasteiger partial charge in [-0.1, -0.05) is 0 Å². The van der Waals surface area contributed by atoms with E-state index in [0.29, 0.717) is 50.3 Å². The van der Waals surface area contributed by atoms with Gasteiger partial charge in [-0.05, 0) is 0 Å². The lowest BCUT2D eigenvalue weighted by Crippen LogP contribution is -2.28. The fourth-order valence-electron chi connectivity index (χ4n) is 3.41. The van der Waals surface area contributed by atoms with Crippen LogP contribution in [0.5, 0.6) is 5.75 Å². The molecule has 1 fully saturated rings. The van der Waals surface area contributed by atoms with E-state index in [2.05, 4.69) is 5.32 Å². The summed E-state index contributed by atoms with van der Waals surface area (Å²) in [5.41, 5.74) is 0.753. The zero-order valence-electron chi connectivity index (χ0n) is 14.5. The molecule has 0 spiro atoms. The molecule has 136 valence electrons. The van der Waals surface area contributed by atoms with Gasteiger partial charge in [-0.2, -0.15) is 0 Å². The molecule has 1 unspecified atom stereocenters. The van der Waals surface area contributed by atoms with Crippen LogP contribution < -0.4 is 15.6 Å². The molecule has 0 saturated carbocycles. The number of rotatable bonds is 4. The number of aromatic nitrogens is 1. The third-order valence-electron chi connectivity index (χ3n) is 4.72. The van der Waals surface area contributed by atoms with Crippen LogP contribution in [0.3, 0.4) is 0 Å². The molecule has 1 aromatic rings. The molecule has 8 nitrogen and oxygen atoms in total. The van der Waals surface area contributed by atoms with Gasteiger partial charge in [0.05, 0.1) is 13.7 Å². The second kappa shape index (κ2) is 7.26. The number of esters is 1. The van der Waals surface area contributed by atoms with Gasteiger partial charge >= 0.3 is 5.97 Å². The number of likely N-dealkylation sites (tertiary alicyclic amines) is 1. The quantitative estimate of drug-likeness (QED) is 0.747. The highest BCUT2D eigenvalue weighted by Crippen LogP contribution is 2.25. The second-order valence-electron chi connectivity index (χ2n) is 6.47. The Kier molecular flexibility index (Phi) is 5.08. The molecule has 1 amide bonds. The molecule has 1 aromatic heterocycles. The molecular formula is C17H23N3O5. The fourth-order valence-corrected chi connectivity index (χ4v) is 3.41. The normalized spacial score (nSPS) is 20.2. The Labute approximate surface area is 145 Å². The Hall–Kier alpha value is -2.35. The molecule has 3 heterocycles. The maximum Gasteiger partial charge on any atom is 0.343 e.